The SMILES string of the molecule is CCc1ccc(/C=N\N(C)C(=S)NCc2ccccc2)cc1[N+](=O)[O-]. The number of rotatable bonds is 6. The van der Waals surface area contributed by atoms with E-state index in [-0.39, 0.29) is 10.6 Å². The van der Waals surface area contributed by atoms with Crippen molar-refractivity contribution >= 4 is 29.2 Å². The van der Waals surface area contributed by atoms with Gasteiger partial charge in [-0.1, -0.05) is 49.4 Å². The summed E-state index contributed by atoms with van der Waals surface area (Å²) in [6.45, 7) is 2.50. The molecular formula is C18H20N4O2S. The van der Waals surface area contributed by atoms with Gasteiger partial charge in [-0.05, 0) is 24.2 Å². The molecule has 2 aromatic rings. The molecule has 7 heteroatoms. The topological polar surface area (TPSA) is 70.8 Å². The van der Waals surface area contributed by atoms with Crippen molar-refractivity contribution in [3.05, 3.63) is 75.3 Å². The van der Waals surface area contributed by atoms with Crippen LogP contribution in [0.5, 0.6) is 0 Å². The van der Waals surface area contributed by atoms with Gasteiger partial charge in [0.15, 0.2) is 5.11 Å². The van der Waals surface area contributed by atoms with Gasteiger partial charge in [0, 0.05) is 30.8 Å². The highest BCUT2D eigenvalue weighted by atomic mass is 32.1. The van der Waals surface area contributed by atoms with Gasteiger partial charge in [-0.15, -0.1) is 0 Å². The van der Waals surface area contributed by atoms with Crippen LogP contribution >= 0.6 is 12.2 Å². The predicted octanol–water partition coefficient (Wildman–Crippen LogP) is 3.50. The Hall–Kier alpha value is -2.80. The summed E-state index contributed by atoms with van der Waals surface area (Å²) < 4.78 is 0. The average molecular weight is 356 g/mol. The smallest absolute Gasteiger partial charge is 0.273 e. The van der Waals surface area contributed by atoms with Crippen molar-refractivity contribution in [2.24, 2.45) is 5.10 Å². The van der Waals surface area contributed by atoms with Gasteiger partial charge in [0.1, 0.15) is 0 Å². The molecule has 0 unspecified atom stereocenters. The van der Waals surface area contributed by atoms with Gasteiger partial charge in [-0.3, -0.25) is 10.1 Å². The van der Waals surface area contributed by atoms with Crippen LogP contribution in [0.4, 0.5) is 5.69 Å². The molecule has 2 rings (SSSR count). The Labute approximate surface area is 152 Å². The van der Waals surface area contributed by atoms with Crippen molar-refractivity contribution in [2.45, 2.75) is 19.9 Å². The van der Waals surface area contributed by atoms with Crippen molar-refractivity contribution in [1.82, 2.24) is 10.3 Å². The van der Waals surface area contributed by atoms with E-state index in [0.29, 0.717) is 29.2 Å². The van der Waals surface area contributed by atoms with Gasteiger partial charge in [0.2, 0.25) is 0 Å². The van der Waals surface area contributed by atoms with Crippen molar-refractivity contribution in [3.8, 4) is 0 Å². The maximum atomic E-state index is 11.1. The first-order valence-corrected chi connectivity index (χ1v) is 8.29. The fourth-order valence-corrected chi connectivity index (χ4v) is 2.34. The van der Waals surface area contributed by atoms with Crippen LogP contribution in [-0.4, -0.2) is 28.3 Å². The third kappa shape index (κ3) is 5.36. The van der Waals surface area contributed by atoms with E-state index in [4.69, 9.17) is 12.2 Å². The number of thiocarbonyl (C=S) groups is 1. The summed E-state index contributed by atoms with van der Waals surface area (Å²) in [5, 5.41) is 20.5. The van der Waals surface area contributed by atoms with Crippen molar-refractivity contribution in [1.29, 1.82) is 0 Å². The van der Waals surface area contributed by atoms with Gasteiger partial charge in [0.25, 0.3) is 5.69 Å². The Morgan fingerprint density at radius 1 is 1.32 bits per heavy atom. The molecule has 0 spiro atoms. The van der Waals surface area contributed by atoms with Crippen LogP contribution in [0.15, 0.2) is 53.6 Å². The minimum atomic E-state index is -0.369. The first-order chi connectivity index (χ1) is 12.0. The van der Waals surface area contributed by atoms with E-state index in [1.165, 1.54) is 11.1 Å². The molecule has 0 bridgehead atoms. The van der Waals surface area contributed by atoms with Crippen molar-refractivity contribution in [2.75, 3.05) is 7.05 Å². The second kappa shape index (κ2) is 8.89. The highest BCUT2D eigenvalue weighted by molar-refractivity contribution is 7.80. The van der Waals surface area contributed by atoms with Crippen LogP contribution in [0.2, 0.25) is 0 Å². The molecule has 0 fully saturated rings. The Morgan fingerprint density at radius 3 is 2.68 bits per heavy atom. The molecule has 0 atom stereocenters. The molecule has 0 radical (unpaired) electrons. The predicted molar refractivity (Wildman–Crippen MR) is 104 cm³/mol. The lowest BCUT2D eigenvalue weighted by Crippen LogP contribution is -2.33. The van der Waals surface area contributed by atoms with Crippen LogP contribution in [0, 0.1) is 10.1 Å². The fourth-order valence-electron chi connectivity index (χ4n) is 2.22. The average Bonchev–Trinajstić information content (AvgIpc) is 2.64. The highest BCUT2D eigenvalue weighted by Gasteiger charge is 2.12. The van der Waals surface area contributed by atoms with E-state index in [1.807, 2.05) is 43.3 Å². The van der Waals surface area contributed by atoms with Crippen molar-refractivity contribution < 1.29 is 4.92 Å². The number of nitro groups is 1. The summed E-state index contributed by atoms with van der Waals surface area (Å²) in [5.74, 6) is 0. The van der Waals surface area contributed by atoms with E-state index in [9.17, 15) is 10.1 Å². The van der Waals surface area contributed by atoms with Gasteiger partial charge < -0.3 is 5.32 Å². The molecule has 0 aliphatic carbocycles. The minimum Gasteiger partial charge on any atom is -0.357 e. The maximum Gasteiger partial charge on any atom is 0.273 e. The second-order valence-corrected chi connectivity index (χ2v) is 5.80. The Bertz CT molecular complexity index is 778. The zero-order chi connectivity index (χ0) is 18.2. The molecule has 1 N–H and O–H groups in total. The third-order valence-corrected chi connectivity index (χ3v) is 4.06. The lowest BCUT2D eigenvalue weighted by Gasteiger charge is -2.15. The maximum absolute atomic E-state index is 11.1. The van der Waals surface area contributed by atoms with E-state index in [0.717, 1.165) is 5.56 Å². The van der Waals surface area contributed by atoms with Gasteiger partial charge >= 0.3 is 0 Å². The molecule has 0 heterocycles. The number of aryl methyl sites for hydroxylation is 1. The van der Waals surface area contributed by atoms with Crippen molar-refractivity contribution in [3.63, 3.8) is 0 Å². The zero-order valence-corrected chi connectivity index (χ0v) is 15.0. The fraction of sp³-hybridized carbons (Fsp3) is 0.222. The lowest BCUT2D eigenvalue weighted by atomic mass is 10.1. The lowest BCUT2D eigenvalue weighted by molar-refractivity contribution is -0.385. The third-order valence-electron chi connectivity index (χ3n) is 3.65. The molecule has 0 saturated heterocycles. The monoisotopic (exact) mass is 356 g/mol. The molecule has 0 saturated carbocycles. The standard InChI is InChI=1S/C18H20N4O2S/c1-3-16-10-9-15(11-17(16)22(23)24)13-20-21(2)18(25)19-12-14-7-5-4-6-8-14/h4-11,13H,3,12H2,1-2H3,(H,19,25)/b20-13-. The quantitative estimate of drug-likeness (QED) is 0.371. The second-order valence-electron chi connectivity index (χ2n) is 5.41. The molecule has 0 aromatic heterocycles. The summed E-state index contributed by atoms with van der Waals surface area (Å²) in [6.07, 6.45) is 2.17. The Kier molecular flexibility index (Phi) is 6.59. The van der Waals surface area contributed by atoms with Gasteiger partial charge in [0.05, 0.1) is 11.1 Å². The number of nitro benzene ring substituents is 1. The summed E-state index contributed by atoms with van der Waals surface area (Å²) in [5.41, 5.74) is 2.59. The van der Waals surface area contributed by atoms with Crippen LogP contribution in [0.3, 0.4) is 0 Å². The number of hydrazone groups is 1. The summed E-state index contributed by atoms with van der Waals surface area (Å²) in [6, 6.07) is 15.0. The van der Waals surface area contributed by atoms with E-state index in [2.05, 4.69) is 10.4 Å². The number of benzene rings is 2. The van der Waals surface area contributed by atoms with Gasteiger partial charge in [-0.25, -0.2) is 5.01 Å². The van der Waals surface area contributed by atoms with Crippen LogP contribution in [0.1, 0.15) is 23.6 Å². The largest absolute Gasteiger partial charge is 0.357 e. The summed E-state index contributed by atoms with van der Waals surface area (Å²) >= 11 is 5.29. The van der Waals surface area contributed by atoms with E-state index < -0.39 is 0 Å². The molecule has 0 aliphatic heterocycles. The highest BCUT2D eigenvalue weighted by Crippen LogP contribution is 2.20. The van der Waals surface area contributed by atoms with Crippen LogP contribution < -0.4 is 5.32 Å². The Morgan fingerprint density at radius 2 is 2.04 bits per heavy atom. The molecule has 130 valence electrons. The summed E-state index contributed by atoms with van der Waals surface area (Å²) in [4.78, 5) is 10.7. The zero-order valence-electron chi connectivity index (χ0n) is 14.2. The molecular weight excluding hydrogens is 336 g/mol. The molecule has 6 nitrogen and oxygen atoms in total. The normalized spacial score (nSPS) is 10.6. The van der Waals surface area contributed by atoms with Gasteiger partial charge in [-0.2, -0.15) is 5.10 Å². The number of nitrogens with zero attached hydrogens (tertiary/aromatic N) is 3. The van der Waals surface area contributed by atoms with E-state index >= 15 is 0 Å². The summed E-state index contributed by atoms with van der Waals surface area (Å²) in [7, 11) is 1.73. The van der Waals surface area contributed by atoms with E-state index in [1.54, 1.807) is 19.3 Å². The number of hydrogen-bond donors (Lipinski definition) is 1. The first-order valence-electron chi connectivity index (χ1n) is 7.88. The van der Waals surface area contributed by atoms with Crippen LogP contribution in [0.25, 0.3) is 0 Å². The molecule has 0 amide bonds. The molecule has 0 aliphatic rings. The minimum absolute atomic E-state index is 0.110. The molecule has 2 aromatic carbocycles. The first kappa shape index (κ1) is 18.5. The number of nitrogens with one attached hydrogen (secondary N) is 1. The number of hydrogen-bond acceptors (Lipinski definition) is 4. The molecule has 25 heavy (non-hydrogen) atoms. The Balaban J connectivity index is 1.99. The van der Waals surface area contributed by atoms with Crippen LogP contribution in [-0.2, 0) is 13.0 Å².